The second-order valence-electron chi connectivity index (χ2n) is 9.32. The number of ether oxygens (including phenoxy) is 2. The van der Waals surface area contributed by atoms with Gasteiger partial charge in [0.25, 0.3) is 0 Å². The van der Waals surface area contributed by atoms with Gasteiger partial charge in [-0.05, 0) is 56.9 Å². The smallest absolute Gasteiger partial charge is 0.410 e. The molecule has 8 nitrogen and oxygen atoms in total. The first-order chi connectivity index (χ1) is 16.6. The van der Waals surface area contributed by atoms with Crippen LogP contribution in [0.3, 0.4) is 0 Å². The number of carbonyl (C=O) groups excluding carboxylic acids is 1. The highest BCUT2D eigenvalue weighted by atomic mass is 16.6. The van der Waals surface area contributed by atoms with Gasteiger partial charge in [-0.15, -0.1) is 0 Å². The molecule has 3 aromatic rings. The average molecular weight is 481 g/mol. The molecule has 0 atom stereocenters. The standard InChI is InChI=1S/C27H32N2O6/c1-27(2,3)35-26(33)29(16-7-10-24(31)32)17-15-20-11-13-22(25-21(20)12-14-23(30)28-25)34-18-19-8-5-4-6-9-19/h4-6,8-9,11-14H,7,10,15-18H2,1-3H3,(H,28,30)(H,31,32). The molecule has 2 N–H and O–H groups in total. The molecule has 0 bridgehead atoms. The van der Waals surface area contributed by atoms with Gasteiger partial charge in [0.1, 0.15) is 18.0 Å². The summed E-state index contributed by atoms with van der Waals surface area (Å²) in [6.07, 6.45) is 0.308. The number of pyridine rings is 1. The third-order valence-corrected chi connectivity index (χ3v) is 5.31. The largest absolute Gasteiger partial charge is 0.487 e. The number of amides is 1. The van der Waals surface area contributed by atoms with E-state index in [0.717, 1.165) is 16.5 Å². The van der Waals surface area contributed by atoms with E-state index in [1.807, 2.05) is 42.5 Å². The number of aromatic nitrogens is 1. The van der Waals surface area contributed by atoms with Gasteiger partial charge in [-0.3, -0.25) is 9.59 Å². The van der Waals surface area contributed by atoms with Gasteiger partial charge in [0.15, 0.2) is 0 Å². The third-order valence-electron chi connectivity index (χ3n) is 5.31. The van der Waals surface area contributed by atoms with Crippen LogP contribution in [0.4, 0.5) is 4.79 Å². The summed E-state index contributed by atoms with van der Waals surface area (Å²) in [7, 11) is 0. The lowest BCUT2D eigenvalue weighted by Crippen LogP contribution is -2.38. The van der Waals surface area contributed by atoms with Crippen molar-refractivity contribution in [3.05, 3.63) is 76.1 Å². The number of aromatic amines is 1. The van der Waals surface area contributed by atoms with Crippen LogP contribution in [0, 0.1) is 0 Å². The molecule has 3 rings (SSSR count). The monoisotopic (exact) mass is 480 g/mol. The Hall–Kier alpha value is -3.81. The highest BCUT2D eigenvalue weighted by Crippen LogP contribution is 2.27. The van der Waals surface area contributed by atoms with Crippen molar-refractivity contribution in [1.82, 2.24) is 9.88 Å². The summed E-state index contributed by atoms with van der Waals surface area (Å²) < 4.78 is 11.5. The number of nitrogens with one attached hydrogen (secondary N) is 1. The molecule has 1 heterocycles. The number of aliphatic carboxylic acids is 1. The Bertz CT molecular complexity index is 1210. The molecule has 186 valence electrons. The number of H-pyrrole nitrogens is 1. The number of fused-ring (bicyclic) bond motifs is 1. The molecule has 0 aliphatic rings. The fourth-order valence-electron chi connectivity index (χ4n) is 3.66. The minimum Gasteiger partial charge on any atom is -0.487 e. The van der Waals surface area contributed by atoms with Gasteiger partial charge in [0, 0.05) is 31.0 Å². The van der Waals surface area contributed by atoms with Crippen molar-refractivity contribution in [2.24, 2.45) is 0 Å². The van der Waals surface area contributed by atoms with Crippen LogP contribution < -0.4 is 10.3 Å². The van der Waals surface area contributed by atoms with Crippen molar-refractivity contribution in [3.8, 4) is 5.75 Å². The van der Waals surface area contributed by atoms with Crippen LogP contribution in [0.15, 0.2) is 59.4 Å². The number of benzene rings is 2. The molecule has 0 fully saturated rings. The molecule has 1 amide bonds. The second kappa shape index (κ2) is 11.6. The maximum absolute atomic E-state index is 12.7. The predicted octanol–water partition coefficient (Wildman–Crippen LogP) is 4.75. The lowest BCUT2D eigenvalue weighted by atomic mass is 10.0. The summed E-state index contributed by atoms with van der Waals surface area (Å²) >= 11 is 0. The van der Waals surface area contributed by atoms with E-state index in [1.165, 1.54) is 11.0 Å². The first-order valence-electron chi connectivity index (χ1n) is 11.6. The van der Waals surface area contributed by atoms with Gasteiger partial charge in [-0.1, -0.05) is 36.4 Å². The van der Waals surface area contributed by atoms with E-state index in [-0.39, 0.29) is 18.5 Å². The van der Waals surface area contributed by atoms with Gasteiger partial charge < -0.3 is 24.5 Å². The van der Waals surface area contributed by atoms with E-state index < -0.39 is 17.7 Å². The molecular formula is C27H32N2O6. The Kier molecular flexibility index (Phi) is 8.52. The normalized spacial score (nSPS) is 11.3. The highest BCUT2D eigenvalue weighted by molar-refractivity contribution is 5.87. The summed E-state index contributed by atoms with van der Waals surface area (Å²) in [6.45, 7) is 6.35. The van der Waals surface area contributed by atoms with Crippen molar-refractivity contribution in [2.75, 3.05) is 13.1 Å². The van der Waals surface area contributed by atoms with Crippen molar-refractivity contribution >= 4 is 23.0 Å². The second-order valence-corrected chi connectivity index (χ2v) is 9.32. The third kappa shape index (κ3) is 7.88. The van der Waals surface area contributed by atoms with Crippen LogP contribution in [0.1, 0.15) is 44.7 Å². The van der Waals surface area contributed by atoms with Crippen LogP contribution in [-0.4, -0.2) is 45.7 Å². The van der Waals surface area contributed by atoms with E-state index in [1.54, 1.807) is 26.8 Å². The minimum absolute atomic E-state index is 0.0308. The Morgan fingerprint density at radius 2 is 1.74 bits per heavy atom. The van der Waals surface area contributed by atoms with Crippen LogP contribution in [-0.2, 0) is 22.6 Å². The molecule has 35 heavy (non-hydrogen) atoms. The molecule has 8 heteroatoms. The molecular weight excluding hydrogens is 448 g/mol. The van der Waals surface area contributed by atoms with Gasteiger partial charge in [-0.25, -0.2) is 4.79 Å². The van der Waals surface area contributed by atoms with Gasteiger partial charge in [-0.2, -0.15) is 0 Å². The van der Waals surface area contributed by atoms with Gasteiger partial charge in [0.2, 0.25) is 5.56 Å². The van der Waals surface area contributed by atoms with E-state index in [9.17, 15) is 14.4 Å². The van der Waals surface area contributed by atoms with Crippen LogP contribution in [0.25, 0.3) is 10.9 Å². The summed E-state index contributed by atoms with van der Waals surface area (Å²) in [5, 5.41) is 9.79. The Balaban J connectivity index is 1.80. The van der Waals surface area contributed by atoms with E-state index in [0.29, 0.717) is 37.3 Å². The number of hydrogen-bond donors (Lipinski definition) is 2. The molecule has 0 saturated heterocycles. The molecule has 1 aromatic heterocycles. The average Bonchev–Trinajstić information content (AvgIpc) is 2.79. The van der Waals surface area contributed by atoms with E-state index in [2.05, 4.69) is 4.98 Å². The maximum Gasteiger partial charge on any atom is 0.410 e. The maximum atomic E-state index is 12.7. The molecule has 2 aromatic carbocycles. The number of rotatable bonds is 10. The van der Waals surface area contributed by atoms with Crippen LogP contribution in [0.2, 0.25) is 0 Å². The van der Waals surface area contributed by atoms with Crippen LogP contribution in [0.5, 0.6) is 5.75 Å². The van der Waals surface area contributed by atoms with Crippen molar-refractivity contribution in [2.45, 2.75) is 52.2 Å². The van der Waals surface area contributed by atoms with E-state index in [4.69, 9.17) is 14.6 Å². The van der Waals surface area contributed by atoms with Crippen molar-refractivity contribution < 1.29 is 24.2 Å². The molecule has 0 saturated carbocycles. The summed E-state index contributed by atoms with van der Waals surface area (Å²) in [6, 6.07) is 16.7. The molecule has 0 radical (unpaired) electrons. The van der Waals surface area contributed by atoms with Crippen LogP contribution >= 0.6 is 0 Å². The Morgan fingerprint density at radius 1 is 1.00 bits per heavy atom. The summed E-state index contributed by atoms with van der Waals surface area (Å²) in [4.78, 5) is 40.1. The fraction of sp³-hybridized carbons (Fsp3) is 0.370. The number of hydrogen-bond acceptors (Lipinski definition) is 5. The first-order valence-corrected chi connectivity index (χ1v) is 11.6. The number of nitrogens with zero attached hydrogens (tertiary/aromatic N) is 1. The molecule has 0 aliphatic heterocycles. The molecule has 0 spiro atoms. The molecule has 0 aliphatic carbocycles. The summed E-state index contributed by atoms with van der Waals surface area (Å²) in [5.74, 6) is -0.342. The minimum atomic E-state index is -0.907. The quantitative estimate of drug-likeness (QED) is 0.433. The number of carbonyl (C=O) groups is 2. The topological polar surface area (TPSA) is 109 Å². The first kappa shape index (κ1) is 25.8. The number of carboxylic acids is 1. The Labute approximate surface area is 204 Å². The zero-order valence-corrected chi connectivity index (χ0v) is 20.4. The fourth-order valence-corrected chi connectivity index (χ4v) is 3.66. The highest BCUT2D eigenvalue weighted by Gasteiger charge is 2.22. The lowest BCUT2D eigenvalue weighted by Gasteiger charge is -2.27. The summed E-state index contributed by atoms with van der Waals surface area (Å²) in [5.41, 5.74) is 1.64. The van der Waals surface area contributed by atoms with Crippen molar-refractivity contribution in [1.29, 1.82) is 0 Å². The van der Waals surface area contributed by atoms with E-state index >= 15 is 0 Å². The zero-order valence-electron chi connectivity index (χ0n) is 20.4. The van der Waals surface area contributed by atoms with Gasteiger partial charge >= 0.3 is 12.1 Å². The predicted molar refractivity (Wildman–Crippen MR) is 134 cm³/mol. The van der Waals surface area contributed by atoms with Crippen molar-refractivity contribution in [3.63, 3.8) is 0 Å². The number of carboxylic acid groups (broad SMARTS) is 1. The SMILES string of the molecule is CC(C)(C)OC(=O)N(CCCC(=O)O)CCc1ccc(OCc2ccccc2)c2[nH]c(=O)ccc12. The Morgan fingerprint density at radius 3 is 2.43 bits per heavy atom. The van der Waals surface area contributed by atoms with Gasteiger partial charge in [0.05, 0.1) is 5.52 Å². The molecule has 0 unspecified atom stereocenters. The zero-order chi connectivity index (χ0) is 25.4. The lowest BCUT2D eigenvalue weighted by molar-refractivity contribution is -0.137.